The maximum absolute atomic E-state index is 12.2. The molecule has 2 fully saturated rings. The molecule has 0 atom stereocenters. The van der Waals surface area contributed by atoms with Crippen molar-refractivity contribution in [1.29, 1.82) is 0 Å². The fraction of sp³-hybridized carbons (Fsp3) is 0.562. The predicted octanol–water partition coefficient (Wildman–Crippen LogP) is 5.08. The van der Waals surface area contributed by atoms with Crippen LogP contribution in [0.4, 0.5) is 0 Å². The zero-order chi connectivity index (χ0) is 16.7. The number of carbonyl (C=O) groups excluding carboxylic acids is 1. The van der Waals surface area contributed by atoms with Gasteiger partial charge < -0.3 is 4.90 Å². The van der Waals surface area contributed by atoms with Gasteiger partial charge in [-0.15, -0.1) is 11.3 Å². The lowest BCUT2D eigenvalue weighted by Crippen LogP contribution is -2.38. The molecule has 0 spiro atoms. The maximum Gasteiger partial charge on any atom is 0.222 e. The Kier molecular flexibility index (Phi) is 4.82. The van der Waals surface area contributed by atoms with E-state index in [4.69, 9.17) is 28.2 Å². The number of nitrogens with zero attached hydrogens (tertiary/aromatic N) is 3. The molecule has 1 saturated heterocycles. The predicted molar refractivity (Wildman–Crippen MR) is 99.1 cm³/mol. The highest BCUT2D eigenvalue weighted by molar-refractivity contribution is 7.12. The number of amides is 1. The van der Waals surface area contributed by atoms with Crippen molar-refractivity contribution < 1.29 is 4.79 Å². The molecule has 0 N–H and O–H groups in total. The van der Waals surface area contributed by atoms with E-state index in [1.807, 2.05) is 10.3 Å². The van der Waals surface area contributed by atoms with E-state index < -0.39 is 0 Å². The summed E-state index contributed by atoms with van der Waals surface area (Å²) in [6.07, 6.45) is 5.18. The van der Waals surface area contributed by atoms with Crippen LogP contribution in [0.1, 0.15) is 43.0 Å². The van der Waals surface area contributed by atoms with Gasteiger partial charge >= 0.3 is 0 Å². The van der Waals surface area contributed by atoms with Gasteiger partial charge in [-0.2, -0.15) is 4.37 Å². The highest BCUT2D eigenvalue weighted by atomic mass is 35.5. The molecule has 4 nitrogen and oxygen atoms in total. The fourth-order valence-electron chi connectivity index (χ4n) is 3.07. The zero-order valence-corrected chi connectivity index (χ0v) is 16.1. The normalized spacial score (nSPS) is 19.0. The third-order valence-corrected chi connectivity index (χ3v) is 7.54. The number of likely N-dealkylation sites (tertiary alicyclic amines) is 1. The van der Waals surface area contributed by atoms with Crippen molar-refractivity contribution in [3.8, 4) is 10.6 Å². The molecule has 4 rings (SSSR count). The topological polar surface area (TPSA) is 46.1 Å². The van der Waals surface area contributed by atoms with Gasteiger partial charge in [-0.05, 0) is 43.1 Å². The van der Waals surface area contributed by atoms with Crippen LogP contribution in [0.25, 0.3) is 10.6 Å². The molecule has 2 aromatic rings. The van der Waals surface area contributed by atoms with Crippen LogP contribution in [0.2, 0.25) is 10.2 Å². The third-order valence-electron chi connectivity index (χ3n) is 4.71. The van der Waals surface area contributed by atoms with Crippen LogP contribution in [0, 0.1) is 5.92 Å². The molecule has 128 valence electrons. The van der Waals surface area contributed by atoms with Gasteiger partial charge in [-0.1, -0.05) is 23.2 Å². The molecule has 0 aromatic carbocycles. The largest absolute Gasteiger partial charge is 0.343 e. The number of piperidine rings is 1. The summed E-state index contributed by atoms with van der Waals surface area (Å²) in [6.45, 7) is 1.69. The van der Waals surface area contributed by atoms with E-state index in [9.17, 15) is 4.79 Å². The van der Waals surface area contributed by atoms with Crippen LogP contribution in [-0.4, -0.2) is 33.3 Å². The Bertz CT molecular complexity index is 748. The minimum atomic E-state index is 0.335. The quantitative estimate of drug-likeness (QED) is 0.717. The lowest BCUT2D eigenvalue weighted by Gasteiger charge is -2.31. The Morgan fingerprint density at radius 1 is 1.25 bits per heavy atom. The van der Waals surface area contributed by atoms with Gasteiger partial charge in [0.25, 0.3) is 0 Å². The van der Waals surface area contributed by atoms with E-state index in [1.54, 1.807) is 11.3 Å². The first-order valence-electron chi connectivity index (χ1n) is 8.16. The Labute approximate surface area is 159 Å². The summed E-state index contributed by atoms with van der Waals surface area (Å²) in [7, 11) is 0. The molecule has 24 heavy (non-hydrogen) atoms. The van der Waals surface area contributed by atoms with Gasteiger partial charge in [0.1, 0.15) is 0 Å². The maximum atomic E-state index is 12.2. The molecule has 2 aromatic heterocycles. The molecule has 3 heterocycles. The molecule has 8 heteroatoms. The smallest absolute Gasteiger partial charge is 0.222 e. The van der Waals surface area contributed by atoms with Crippen LogP contribution in [0.3, 0.4) is 0 Å². The summed E-state index contributed by atoms with van der Waals surface area (Å²) in [6, 6.07) is 0. The van der Waals surface area contributed by atoms with Gasteiger partial charge in [0.15, 0.2) is 5.15 Å². The summed E-state index contributed by atoms with van der Waals surface area (Å²) in [5.74, 6) is 1.42. The highest BCUT2D eigenvalue weighted by Crippen LogP contribution is 2.40. The molecule has 1 aliphatic heterocycles. The molecule has 2 aliphatic rings. The second-order valence-corrected chi connectivity index (χ2v) is 8.89. The molecule has 1 aliphatic carbocycles. The van der Waals surface area contributed by atoms with Crippen molar-refractivity contribution in [3.63, 3.8) is 0 Å². The first kappa shape index (κ1) is 16.8. The third kappa shape index (κ3) is 3.47. The number of aromatic nitrogens is 2. The molecule has 0 bridgehead atoms. The average Bonchev–Trinajstić information content (AvgIpc) is 3.16. The highest BCUT2D eigenvalue weighted by Gasteiger charge is 2.30. The second-order valence-electron chi connectivity index (χ2n) is 6.49. The number of hydrogen-bond donors (Lipinski definition) is 0. The van der Waals surface area contributed by atoms with Crippen molar-refractivity contribution in [2.75, 3.05) is 13.1 Å². The fourth-order valence-corrected chi connectivity index (χ4v) is 5.31. The van der Waals surface area contributed by atoms with Crippen LogP contribution in [-0.2, 0) is 4.79 Å². The monoisotopic (exact) mass is 401 g/mol. The van der Waals surface area contributed by atoms with E-state index in [0.717, 1.165) is 47.9 Å². The minimum Gasteiger partial charge on any atom is -0.343 e. The number of rotatable bonds is 4. The van der Waals surface area contributed by atoms with Crippen LogP contribution < -0.4 is 0 Å². The molecular formula is C16H17Cl2N3OS2. The molecule has 0 radical (unpaired) electrons. The van der Waals surface area contributed by atoms with E-state index in [0.29, 0.717) is 27.9 Å². The van der Waals surface area contributed by atoms with Crippen molar-refractivity contribution >= 4 is 52.0 Å². The Balaban J connectivity index is 1.39. The SMILES string of the molecule is O=C(CC1CC1)N1CCC(c2nc(-c3snc(Cl)c3Cl)cs2)CC1. The van der Waals surface area contributed by atoms with Crippen LogP contribution >= 0.6 is 46.1 Å². The van der Waals surface area contributed by atoms with Crippen molar-refractivity contribution in [3.05, 3.63) is 20.6 Å². The lowest BCUT2D eigenvalue weighted by atomic mass is 9.97. The van der Waals surface area contributed by atoms with E-state index in [1.165, 1.54) is 24.4 Å². The number of thiazole rings is 1. The van der Waals surface area contributed by atoms with Crippen LogP contribution in [0.15, 0.2) is 5.38 Å². The molecule has 0 unspecified atom stereocenters. The summed E-state index contributed by atoms with van der Waals surface area (Å²) < 4.78 is 4.07. The van der Waals surface area contributed by atoms with Gasteiger partial charge in [0.2, 0.25) is 5.91 Å². The summed E-state index contributed by atoms with van der Waals surface area (Å²) in [5.41, 5.74) is 0.858. The van der Waals surface area contributed by atoms with Crippen molar-refractivity contribution in [2.45, 2.75) is 38.0 Å². The first-order chi connectivity index (χ1) is 11.6. The zero-order valence-electron chi connectivity index (χ0n) is 13.0. The average molecular weight is 402 g/mol. The van der Waals surface area contributed by atoms with Crippen molar-refractivity contribution in [1.82, 2.24) is 14.3 Å². The van der Waals surface area contributed by atoms with E-state index in [2.05, 4.69) is 4.37 Å². The van der Waals surface area contributed by atoms with Crippen LogP contribution in [0.5, 0.6) is 0 Å². The van der Waals surface area contributed by atoms with Gasteiger partial charge in [-0.3, -0.25) is 4.79 Å². The van der Waals surface area contributed by atoms with Gasteiger partial charge in [-0.25, -0.2) is 4.98 Å². The second kappa shape index (κ2) is 6.90. The summed E-state index contributed by atoms with van der Waals surface area (Å²) >= 11 is 15.0. The van der Waals surface area contributed by atoms with E-state index in [-0.39, 0.29) is 0 Å². The standard InChI is InChI=1S/C16H17Cl2N3OS2/c17-13-14(24-20-15(13)18)11-8-23-16(19-11)10-3-5-21(6-4-10)12(22)7-9-1-2-9/h8-10H,1-7H2. The van der Waals surface area contributed by atoms with Gasteiger partial charge in [0.05, 0.1) is 20.6 Å². The molecular weight excluding hydrogens is 385 g/mol. The first-order valence-corrected chi connectivity index (χ1v) is 10.6. The number of hydrogen-bond acceptors (Lipinski definition) is 5. The summed E-state index contributed by atoms with van der Waals surface area (Å²) in [5, 5.41) is 3.97. The Hall–Kier alpha value is -0.690. The minimum absolute atomic E-state index is 0.335. The van der Waals surface area contributed by atoms with Gasteiger partial charge in [0, 0.05) is 30.8 Å². The summed E-state index contributed by atoms with van der Waals surface area (Å²) in [4.78, 5) is 19.8. The number of carbonyl (C=O) groups is 1. The molecule has 1 saturated carbocycles. The lowest BCUT2D eigenvalue weighted by molar-refractivity contribution is -0.132. The van der Waals surface area contributed by atoms with Crippen molar-refractivity contribution in [2.24, 2.45) is 5.92 Å². The molecule has 1 amide bonds. The van der Waals surface area contributed by atoms with E-state index >= 15 is 0 Å². The Morgan fingerprint density at radius 2 is 2.00 bits per heavy atom. The Morgan fingerprint density at radius 3 is 2.62 bits per heavy atom. The number of halogens is 2.